The van der Waals surface area contributed by atoms with Gasteiger partial charge < -0.3 is 15.3 Å². The maximum Gasteiger partial charge on any atom is 0.127 e. The highest BCUT2D eigenvalue weighted by Gasteiger charge is 2.34. The summed E-state index contributed by atoms with van der Waals surface area (Å²) in [6.07, 6.45) is 0. The van der Waals surface area contributed by atoms with Crippen molar-refractivity contribution in [3.8, 4) is 39.5 Å². The van der Waals surface area contributed by atoms with E-state index in [4.69, 9.17) is 0 Å². The van der Waals surface area contributed by atoms with Crippen molar-refractivity contribution in [3.05, 3.63) is 63.7 Å². The van der Waals surface area contributed by atoms with Crippen molar-refractivity contribution in [1.82, 2.24) is 0 Å². The van der Waals surface area contributed by atoms with E-state index in [1.165, 1.54) is 5.56 Å². The Balaban J connectivity index is 2.81. The van der Waals surface area contributed by atoms with Crippen LogP contribution in [0.15, 0.2) is 30.3 Å². The smallest absolute Gasteiger partial charge is 0.127 e. The number of hydrogen-bond acceptors (Lipinski definition) is 3. The minimum absolute atomic E-state index is 0.0706. The molecule has 0 saturated heterocycles. The van der Waals surface area contributed by atoms with E-state index in [0.29, 0.717) is 16.7 Å². The predicted octanol–water partition coefficient (Wildman–Crippen LogP) is 10.9. The average Bonchev–Trinajstić information content (AvgIpc) is 2.82. The maximum atomic E-state index is 12.3. The standard InChI is InChI=1S/C36H50O3/c1-18(2)25-17-27(38)34(29(20(5)6)28(25)19(3)4)35-33(24-15-13-14-16-26(24)37)31(22(9)10)30(21(7)8)32(23(11)12)36(35)39/h13-23,37-39H,1-12H3. The molecule has 0 saturated carbocycles. The summed E-state index contributed by atoms with van der Waals surface area (Å²) in [7, 11) is 0. The first-order valence-electron chi connectivity index (χ1n) is 14.7. The summed E-state index contributed by atoms with van der Waals surface area (Å²) in [5.74, 6) is 1.50. The van der Waals surface area contributed by atoms with E-state index in [-0.39, 0.29) is 52.8 Å². The summed E-state index contributed by atoms with van der Waals surface area (Å²) in [6.45, 7) is 26.0. The second kappa shape index (κ2) is 11.7. The molecule has 0 spiro atoms. The van der Waals surface area contributed by atoms with Gasteiger partial charge in [0, 0.05) is 27.8 Å². The molecular formula is C36H50O3. The van der Waals surface area contributed by atoms with Gasteiger partial charge in [0.1, 0.15) is 17.2 Å². The van der Waals surface area contributed by atoms with E-state index in [0.717, 1.165) is 33.4 Å². The van der Waals surface area contributed by atoms with Crippen LogP contribution in [0.5, 0.6) is 17.2 Å². The van der Waals surface area contributed by atoms with E-state index >= 15 is 0 Å². The average molecular weight is 531 g/mol. The SMILES string of the molecule is CC(C)c1cc(O)c(-c2c(O)c(C(C)C)c(C(C)C)c(C(C)C)c2-c2ccccc2O)c(C(C)C)c1C(C)C. The lowest BCUT2D eigenvalue weighted by Crippen LogP contribution is -2.12. The van der Waals surface area contributed by atoms with E-state index in [9.17, 15) is 15.3 Å². The zero-order valence-electron chi connectivity index (χ0n) is 26.2. The van der Waals surface area contributed by atoms with Gasteiger partial charge in [-0.2, -0.15) is 0 Å². The van der Waals surface area contributed by atoms with Crippen molar-refractivity contribution in [2.45, 2.75) is 119 Å². The van der Waals surface area contributed by atoms with Crippen LogP contribution in [-0.2, 0) is 0 Å². The van der Waals surface area contributed by atoms with Gasteiger partial charge in [0.05, 0.1) is 0 Å². The van der Waals surface area contributed by atoms with E-state index < -0.39 is 0 Å². The van der Waals surface area contributed by atoms with Crippen molar-refractivity contribution < 1.29 is 15.3 Å². The third-order valence-electron chi connectivity index (χ3n) is 7.94. The molecule has 3 rings (SSSR count). The molecule has 0 aliphatic heterocycles. The number of aromatic hydroxyl groups is 3. The number of phenols is 3. The van der Waals surface area contributed by atoms with Crippen LogP contribution in [-0.4, -0.2) is 15.3 Å². The molecule has 0 aromatic heterocycles. The third-order valence-corrected chi connectivity index (χ3v) is 7.94. The van der Waals surface area contributed by atoms with Crippen molar-refractivity contribution in [3.63, 3.8) is 0 Å². The van der Waals surface area contributed by atoms with Crippen LogP contribution in [0.25, 0.3) is 22.3 Å². The molecule has 3 heteroatoms. The van der Waals surface area contributed by atoms with Crippen molar-refractivity contribution in [1.29, 1.82) is 0 Å². The minimum Gasteiger partial charge on any atom is -0.507 e. The zero-order chi connectivity index (χ0) is 29.5. The van der Waals surface area contributed by atoms with Crippen LogP contribution in [0.2, 0.25) is 0 Å². The molecule has 0 unspecified atom stereocenters. The minimum atomic E-state index is 0.0706. The third kappa shape index (κ3) is 5.42. The summed E-state index contributed by atoms with van der Waals surface area (Å²) in [5, 5.41) is 35.4. The van der Waals surface area contributed by atoms with Gasteiger partial charge in [0.2, 0.25) is 0 Å². The van der Waals surface area contributed by atoms with Crippen LogP contribution in [0.4, 0.5) is 0 Å². The molecule has 3 nitrogen and oxygen atoms in total. The molecule has 0 aliphatic carbocycles. The van der Waals surface area contributed by atoms with Gasteiger partial charge in [-0.15, -0.1) is 0 Å². The van der Waals surface area contributed by atoms with Gasteiger partial charge in [0.15, 0.2) is 0 Å². The molecule has 3 N–H and O–H groups in total. The highest BCUT2D eigenvalue weighted by atomic mass is 16.3. The van der Waals surface area contributed by atoms with Crippen LogP contribution < -0.4 is 0 Å². The Morgan fingerprint density at radius 1 is 0.436 bits per heavy atom. The Bertz CT molecular complexity index is 1340. The van der Waals surface area contributed by atoms with Gasteiger partial charge in [-0.3, -0.25) is 0 Å². The van der Waals surface area contributed by atoms with Crippen molar-refractivity contribution in [2.75, 3.05) is 0 Å². The Kier molecular flexibility index (Phi) is 9.15. The lowest BCUT2D eigenvalue weighted by atomic mass is 9.72. The molecule has 3 aromatic rings. The molecule has 212 valence electrons. The predicted molar refractivity (Wildman–Crippen MR) is 167 cm³/mol. The number of rotatable bonds is 8. The van der Waals surface area contributed by atoms with E-state index in [1.807, 2.05) is 24.3 Å². The molecule has 0 amide bonds. The highest BCUT2D eigenvalue weighted by molar-refractivity contribution is 5.97. The second-order valence-corrected chi connectivity index (χ2v) is 13.0. The summed E-state index contributed by atoms with van der Waals surface area (Å²) >= 11 is 0. The topological polar surface area (TPSA) is 60.7 Å². The fourth-order valence-electron chi connectivity index (χ4n) is 6.52. The lowest BCUT2D eigenvalue weighted by Gasteiger charge is -2.33. The fourth-order valence-corrected chi connectivity index (χ4v) is 6.52. The molecule has 39 heavy (non-hydrogen) atoms. The summed E-state index contributed by atoms with van der Waals surface area (Å²) in [5.41, 5.74) is 9.45. The summed E-state index contributed by atoms with van der Waals surface area (Å²) < 4.78 is 0. The summed E-state index contributed by atoms with van der Waals surface area (Å²) in [6, 6.07) is 9.29. The molecule has 0 fully saturated rings. The Labute approximate surface area is 236 Å². The largest absolute Gasteiger partial charge is 0.507 e. The second-order valence-electron chi connectivity index (χ2n) is 13.0. The molecule has 3 aromatic carbocycles. The van der Waals surface area contributed by atoms with Crippen molar-refractivity contribution in [2.24, 2.45) is 0 Å². The monoisotopic (exact) mass is 530 g/mol. The number of benzene rings is 3. The maximum absolute atomic E-state index is 12.3. The van der Waals surface area contributed by atoms with Gasteiger partial charge in [0.25, 0.3) is 0 Å². The van der Waals surface area contributed by atoms with Crippen LogP contribution in [0.1, 0.15) is 152 Å². The fraction of sp³-hybridized carbons (Fsp3) is 0.500. The van der Waals surface area contributed by atoms with Gasteiger partial charge in [-0.25, -0.2) is 0 Å². The van der Waals surface area contributed by atoms with Crippen LogP contribution in [0.3, 0.4) is 0 Å². The highest BCUT2D eigenvalue weighted by Crippen LogP contribution is 2.56. The van der Waals surface area contributed by atoms with Crippen LogP contribution >= 0.6 is 0 Å². The first-order valence-corrected chi connectivity index (χ1v) is 14.7. The van der Waals surface area contributed by atoms with Crippen molar-refractivity contribution >= 4 is 0 Å². The lowest BCUT2D eigenvalue weighted by molar-refractivity contribution is 0.458. The first-order chi connectivity index (χ1) is 18.1. The zero-order valence-corrected chi connectivity index (χ0v) is 26.2. The normalized spacial score (nSPS) is 12.3. The molecule has 0 aliphatic rings. The van der Waals surface area contributed by atoms with E-state index in [1.54, 1.807) is 6.07 Å². The van der Waals surface area contributed by atoms with E-state index in [2.05, 4.69) is 83.1 Å². The number of para-hydroxylation sites is 1. The van der Waals surface area contributed by atoms with Gasteiger partial charge in [-0.1, -0.05) is 101 Å². The Morgan fingerprint density at radius 2 is 0.897 bits per heavy atom. The number of phenolic OH excluding ortho intramolecular Hbond substituents is 3. The molecular weight excluding hydrogens is 480 g/mol. The number of hydrogen-bond donors (Lipinski definition) is 3. The first kappa shape index (κ1) is 30.6. The van der Waals surface area contributed by atoms with Crippen LogP contribution in [0, 0.1) is 0 Å². The Hall–Kier alpha value is -2.94. The van der Waals surface area contributed by atoms with Gasteiger partial charge >= 0.3 is 0 Å². The molecule has 0 radical (unpaired) electrons. The molecule has 0 bridgehead atoms. The molecule has 0 heterocycles. The van der Waals surface area contributed by atoms with Gasteiger partial charge in [-0.05, 0) is 75.5 Å². The summed E-state index contributed by atoms with van der Waals surface area (Å²) in [4.78, 5) is 0. The molecule has 0 atom stereocenters. The Morgan fingerprint density at radius 3 is 1.33 bits per heavy atom. The quantitative estimate of drug-likeness (QED) is 0.271.